The van der Waals surface area contributed by atoms with E-state index in [1.165, 1.54) is 0 Å². The molecule has 1 unspecified atom stereocenters. The van der Waals surface area contributed by atoms with E-state index in [1.807, 2.05) is 24.3 Å². The minimum Gasteiger partial charge on any atom is -0.349 e. The molecule has 17 heavy (non-hydrogen) atoms. The van der Waals surface area contributed by atoms with Gasteiger partial charge < -0.3 is 5.32 Å². The number of hydrogen-bond acceptors (Lipinski definition) is 1. The van der Waals surface area contributed by atoms with Crippen LogP contribution in [0.15, 0.2) is 24.3 Å². The van der Waals surface area contributed by atoms with Crippen LogP contribution in [0.5, 0.6) is 0 Å². The molecule has 0 saturated heterocycles. The smallest absolute Gasteiger partial charge is 0.251 e. The molecule has 1 aromatic carbocycles. The standard InChI is InChI=1S/C14H20INO/c1-4-11(5-2)10(3)16-14(17)12-7-6-8-13(15)9-12/h6-11H,4-5H2,1-3H3,(H,16,17). The molecule has 0 radical (unpaired) electrons. The van der Waals surface area contributed by atoms with E-state index in [1.54, 1.807) is 0 Å². The second kappa shape index (κ2) is 6.99. The van der Waals surface area contributed by atoms with Crippen molar-refractivity contribution >= 4 is 28.5 Å². The third-order valence-corrected chi connectivity index (χ3v) is 3.87. The van der Waals surface area contributed by atoms with Crippen molar-refractivity contribution in [3.63, 3.8) is 0 Å². The summed E-state index contributed by atoms with van der Waals surface area (Å²) in [6.45, 7) is 6.42. The van der Waals surface area contributed by atoms with E-state index in [2.05, 4.69) is 48.7 Å². The van der Waals surface area contributed by atoms with Crippen LogP contribution >= 0.6 is 22.6 Å². The Labute approximate surface area is 117 Å². The van der Waals surface area contributed by atoms with Crippen LogP contribution in [0.1, 0.15) is 44.0 Å². The van der Waals surface area contributed by atoms with Crippen molar-refractivity contribution in [3.05, 3.63) is 33.4 Å². The molecule has 0 aromatic heterocycles. The maximum Gasteiger partial charge on any atom is 0.251 e. The number of carbonyl (C=O) groups excluding carboxylic acids is 1. The molecular weight excluding hydrogens is 325 g/mol. The molecule has 1 rings (SSSR count). The van der Waals surface area contributed by atoms with Gasteiger partial charge in [0.05, 0.1) is 0 Å². The summed E-state index contributed by atoms with van der Waals surface area (Å²) < 4.78 is 1.09. The van der Waals surface area contributed by atoms with Gasteiger partial charge in [0.2, 0.25) is 0 Å². The largest absolute Gasteiger partial charge is 0.349 e. The van der Waals surface area contributed by atoms with Crippen molar-refractivity contribution in [2.24, 2.45) is 5.92 Å². The van der Waals surface area contributed by atoms with Crippen LogP contribution in [0.2, 0.25) is 0 Å². The first kappa shape index (κ1) is 14.5. The molecule has 94 valence electrons. The minimum absolute atomic E-state index is 0.0305. The molecule has 1 N–H and O–H groups in total. The highest BCUT2D eigenvalue weighted by Crippen LogP contribution is 2.14. The fourth-order valence-electron chi connectivity index (χ4n) is 2.03. The maximum atomic E-state index is 12.0. The molecule has 0 fully saturated rings. The summed E-state index contributed by atoms with van der Waals surface area (Å²) in [6, 6.07) is 7.91. The molecule has 0 aliphatic carbocycles. The molecule has 2 nitrogen and oxygen atoms in total. The van der Waals surface area contributed by atoms with E-state index in [0.717, 1.165) is 22.0 Å². The lowest BCUT2D eigenvalue weighted by atomic mass is 9.95. The molecule has 0 bridgehead atoms. The average Bonchev–Trinajstić information content (AvgIpc) is 2.30. The van der Waals surface area contributed by atoms with Gasteiger partial charge in [-0.15, -0.1) is 0 Å². The summed E-state index contributed by atoms with van der Waals surface area (Å²) in [7, 11) is 0. The second-order valence-electron chi connectivity index (χ2n) is 4.35. The second-order valence-corrected chi connectivity index (χ2v) is 5.59. The monoisotopic (exact) mass is 345 g/mol. The van der Waals surface area contributed by atoms with E-state index in [4.69, 9.17) is 0 Å². The highest BCUT2D eigenvalue weighted by molar-refractivity contribution is 14.1. The first-order chi connectivity index (χ1) is 8.08. The van der Waals surface area contributed by atoms with Gasteiger partial charge in [0, 0.05) is 15.2 Å². The van der Waals surface area contributed by atoms with Crippen molar-refractivity contribution in [1.29, 1.82) is 0 Å². The Morgan fingerprint density at radius 1 is 1.35 bits per heavy atom. The molecule has 0 saturated carbocycles. The topological polar surface area (TPSA) is 29.1 Å². The zero-order valence-electron chi connectivity index (χ0n) is 10.7. The SMILES string of the molecule is CCC(CC)C(C)NC(=O)c1cccc(I)c1. The first-order valence-corrected chi connectivity index (χ1v) is 7.22. The lowest BCUT2D eigenvalue weighted by Crippen LogP contribution is -2.37. The summed E-state index contributed by atoms with van der Waals surface area (Å²) in [6.07, 6.45) is 2.20. The van der Waals surface area contributed by atoms with Crippen molar-refractivity contribution in [2.75, 3.05) is 0 Å². The number of amides is 1. The molecule has 3 heteroatoms. The van der Waals surface area contributed by atoms with E-state index in [-0.39, 0.29) is 11.9 Å². The molecular formula is C14H20INO. The van der Waals surface area contributed by atoms with Crippen LogP contribution in [-0.4, -0.2) is 11.9 Å². The Kier molecular flexibility index (Phi) is 5.95. The summed E-state index contributed by atoms with van der Waals surface area (Å²) in [5, 5.41) is 3.08. The van der Waals surface area contributed by atoms with Gasteiger partial charge in [-0.2, -0.15) is 0 Å². The van der Waals surface area contributed by atoms with Crippen LogP contribution in [0.25, 0.3) is 0 Å². The number of benzene rings is 1. The van der Waals surface area contributed by atoms with E-state index < -0.39 is 0 Å². The minimum atomic E-state index is 0.0305. The van der Waals surface area contributed by atoms with E-state index in [9.17, 15) is 4.79 Å². The molecule has 0 aliphatic rings. The highest BCUT2D eigenvalue weighted by Gasteiger charge is 2.16. The van der Waals surface area contributed by atoms with Crippen LogP contribution in [0.4, 0.5) is 0 Å². The number of hydrogen-bond donors (Lipinski definition) is 1. The quantitative estimate of drug-likeness (QED) is 0.807. The van der Waals surface area contributed by atoms with E-state index >= 15 is 0 Å². The third-order valence-electron chi connectivity index (χ3n) is 3.20. The number of nitrogens with one attached hydrogen (secondary N) is 1. The predicted molar refractivity (Wildman–Crippen MR) is 80.2 cm³/mol. The van der Waals surface area contributed by atoms with Crippen LogP contribution in [-0.2, 0) is 0 Å². The first-order valence-electron chi connectivity index (χ1n) is 6.14. The Bertz CT molecular complexity index is 374. The van der Waals surface area contributed by atoms with Gasteiger partial charge in [-0.3, -0.25) is 4.79 Å². The van der Waals surface area contributed by atoms with Crippen molar-refractivity contribution in [2.45, 2.75) is 39.7 Å². The highest BCUT2D eigenvalue weighted by atomic mass is 127. The Hall–Kier alpha value is -0.580. The van der Waals surface area contributed by atoms with Gasteiger partial charge in [-0.25, -0.2) is 0 Å². The summed E-state index contributed by atoms with van der Waals surface area (Å²) in [5.41, 5.74) is 0.745. The van der Waals surface area contributed by atoms with E-state index in [0.29, 0.717) is 5.92 Å². The van der Waals surface area contributed by atoms with Crippen molar-refractivity contribution < 1.29 is 4.79 Å². The lowest BCUT2D eigenvalue weighted by Gasteiger charge is -2.22. The van der Waals surface area contributed by atoms with Crippen molar-refractivity contribution in [3.8, 4) is 0 Å². The van der Waals surface area contributed by atoms with Crippen LogP contribution < -0.4 is 5.32 Å². The van der Waals surface area contributed by atoms with Crippen LogP contribution in [0, 0.1) is 9.49 Å². The molecule has 1 aromatic rings. The normalized spacial score (nSPS) is 12.5. The molecule has 0 aliphatic heterocycles. The van der Waals surface area contributed by atoms with Crippen molar-refractivity contribution in [1.82, 2.24) is 5.32 Å². The third kappa shape index (κ3) is 4.30. The van der Waals surface area contributed by atoms with Gasteiger partial charge in [0.1, 0.15) is 0 Å². The molecule has 1 amide bonds. The zero-order chi connectivity index (χ0) is 12.8. The Balaban J connectivity index is 2.66. The summed E-state index contributed by atoms with van der Waals surface area (Å²) in [5.74, 6) is 0.588. The fourth-order valence-corrected chi connectivity index (χ4v) is 2.58. The number of rotatable bonds is 5. The maximum absolute atomic E-state index is 12.0. The summed E-state index contributed by atoms with van der Waals surface area (Å²) >= 11 is 2.22. The predicted octanol–water partition coefficient (Wildman–Crippen LogP) is 3.85. The fraction of sp³-hybridized carbons (Fsp3) is 0.500. The average molecular weight is 345 g/mol. The molecule has 0 spiro atoms. The van der Waals surface area contributed by atoms with Gasteiger partial charge in [-0.1, -0.05) is 32.8 Å². The Morgan fingerprint density at radius 2 is 2.00 bits per heavy atom. The van der Waals surface area contributed by atoms with Gasteiger partial charge >= 0.3 is 0 Å². The van der Waals surface area contributed by atoms with Crippen LogP contribution in [0.3, 0.4) is 0 Å². The number of carbonyl (C=O) groups is 1. The molecule has 1 atom stereocenters. The summed E-state index contributed by atoms with van der Waals surface area (Å²) in [4.78, 5) is 12.0. The lowest BCUT2D eigenvalue weighted by molar-refractivity contribution is 0.0925. The number of halogens is 1. The molecule has 0 heterocycles. The Morgan fingerprint density at radius 3 is 2.53 bits per heavy atom. The van der Waals surface area contributed by atoms with Gasteiger partial charge in [-0.05, 0) is 53.6 Å². The van der Waals surface area contributed by atoms with Gasteiger partial charge in [0.25, 0.3) is 5.91 Å². The zero-order valence-corrected chi connectivity index (χ0v) is 12.8. The van der Waals surface area contributed by atoms with Gasteiger partial charge in [0.15, 0.2) is 0 Å².